The van der Waals surface area contributed by atoms with Crippen LogP contribution in [0.4, 0.5) is 4.39 Å². The molecular weight excluding hydrogens is 247 g/mol. The van der Waals surface area contributed by atoms with Crippen molar-refractivity contribution in [3.63, 3.8) is 0 Å². The van der Waals surface area contributed by atoms with Crippen LogP contribution >= 0.6 is 23.1 Å². The average molecular weight is 254 g/mol. The van der Waals surface area contributed by atoms with E-state index < -0.39 is 5.97 Å². The van der Waals surface area contributed by atoms with Gasteiger partial charge >= 0.3 is 5.97 Å². The van der Waals surface area contributed by atoms with Crippen LogP contribution in [0.25, 0.3) is 0 Å². The summed E-state index contributed by atoms with van der Waals surface area (Å²) in [5, 5.41) is 10.6. The van der Waals surface area contributed by atoms with Gasteiger partial charge in [0.2, 0.25) is 0 Å². The first kappa shape index (κ1) is 11.2. The third-order valence-electron chi connectivity index (χ3n) is 1.88. The number of carbonyl (C=O) groups is 1. The molecule has 1 heterocycles. The van der Waals surface area contributed by atoms with E-state index in [1.807, 2.05) is 0 Å². The smallest absolute Gasteiger partial charge is 0.337 e. The predicted octanol–water partition coefficient (Wildman–Crippen LogP) is 3.74. The normalized spacial score (nSPS) is 10.3. The van der Waals surface area contributed by atoms with Crippen molar-refractivity contribution in [1.82, 2.24) is 0 Å². The lowest BCUT2D eigenvalue weighted by atomic mass is 10.3. The Morgan fingerprint density at radius 3 is 2.56 bits per heavy atom. The molecule has 0 fully saturated rings. The summed E-state index contributed by atoms with van der Waals surface area (Å²) in [6.45, 7) is 0. The minimum atomic E-state index is -0.939. The van der Waals surface area contributed by atoms with Crippen LogP contribution in [-0.2, 0) is 0 Å². The van der Waals surface area contributed by atoms with Crippen LogP contribution in [0.1, 0.15) is 10.4 Å². The first-order valence-electron chi connectivity index (χ1n) is 4.41. The van der Waals surface area contributed by atoms with Gasteiger partial charge in [0.25, 0.3) is 0 Å². The van der Waals surface area contributed by atoms with Crippen LogP contribution in [-0.4, -0.2) is 11.1 Å². The molecule has 1 aromatic carbocycles. The molecule has 16 heavy (non-hydrogen) atoms. The lowest BCUT2D eigenvalue weighted by Crippen LogP contribution is -1.94. The minimum Gasteiger partial charge on any atom is -0.478 e. The molecule has 82 valence electrons. The zero-order chi connectivity index (χ0) is 11.5. The fourth-order valence-corrected chi connectivity index (χ4v) is 3.15. The first-order valence-corrected chi connectivity index (χ1v) is 6.10. The molecule has 0 aliphatic heterocycles. The second-order valence-electron chi connectivity index (χ2n) is 2.98. The van der Waals surface area contributed by atoms with Gasteiger partial charge in [-0.25, -0.2) is 9.18 Å². The molecule has 0 aliphatic rings. The topological polar surface area (TPSA) is 37.3 Å². The highest BCUT2D eigenvalue weighted by Gasteiger charge is 2.12. The molecule has 2 aromatic rings. The molecular formula is C11H7FO2S2. The lowest BCUT2D eigenvalue weighted by molar-refractivity contribution is 0.0694. The van der Waals surface area contributed by atoms with E-state index in [2.05, 4.69) is 0 Å². The van der Waals surface area contributed by atoms with Crippen LogP contribution in [0.5, 0.6) is 0 Å². The molecule has 0 unspecified atom stereocenters. The molecule has 1 N–H and O–H groups in total. The maximum Gasteiger partial charge on any atom is 0.337 e. The Morgan fingerprint density at radius 1 is 1.25 bits per heavy atom. The Bertz CT molecular complexity index is 505. The van der Waals surface area contributed by atoms with E-state index in [0.717, 1.165) is 4.90 Å². The zero-order valence-electron chi connectivity index (χ0n) is 8.01. The van der Waals surface area contributed by atoms with Gasteiger partial charge in [-0.3, -0.25) is 0 Å². The standard InChI is InChI=1S/C11H7FO2S2/c12-7-1-3-8(4-2-7)16-11-9(10(13)14)5-6-15-11/h1-6H,(H,13,14). The highest BCUT2D eigenvalue weighted by Crippen LogP contribution is 2.34. The summed E-state index contributed by atoms with van der Waals surface area (Å²) in [6, 6.07) is 7.54. The van der Waals surface area contributed by atoms with Crippen molar-refractivity contribution < 1.29 is 14.3 Å². The van der Waals surface area contributed by atoms with Crippen molar-refractivity contribution >= 4 is 29.1 Å². The molecule has 2 rings (SSSR count). The number of rotatable bonds is 3. The monoisotopic (exact) mass is 254 g/mol. The van der Waals surface area contributed by atoms with Gasteiger partial charge in [-0.2, -0.15) is 0 Å². The summed E-state index contributed by atoms with van der Waals surface area (Å²) in [5.41, 5.74) is 0.291. The predicted molar refractivity (Wildman–Crippen MR) is 61.8 cm³/mol. The third-order valence-corrected chi connectivity index (χ3v) is 4.04. The molecule has 0 saturated carbocycles. The number of benzene rings is 1. The van der Waals surface area contributed by atoms with Crippen molar-refractivity contribution in [2.24, 2.45) is 0 Å². The Kier molecular flexibility index (Phi) is 3.26. The molecule has 0 aliphatic carbocycles. The zero-order valence-corrected chi connectivity index (χ0v) is 9.65. The van der Waals surface area contributed by atoms with Crippen molar-refractivity contribution in [2.75, 3.05) is 0 Å². The van der Waals surface area contributed by atoms with Gasteiger partial charge in [0.1, 0.15) is 5.82 Å². The van der Waals surface area contributed by atoms with Crippen LogP contribution < -0.4 is 0 Å². The van der Waals surface area contributed by atoms with Gasteiger partial charge in [-0.15, -0.1) is 11.3 Å². The Hall–Kier alpha value is -1.33. The van der Waals surface area contributed by atoms with Crippen LogP contribution in [0.15, 0.2) is 44.8 Å². The Morgan fingerprint density at radius 2 is 1.94 bits per heavy atom. The van der Waals surface area contributed by atoms with Gasteiger partial charge in [-0.1, -0.05) is 11.8 Å². The third kappa shape index (κ3) is 2.43. The maximum absolute atomic E-state index is 12.7. The first-order chi connectivity index (χ1) is 7.66. The highest BCUT2D eigenvalue weighted by atomic mass is 32.2. The summed E-state index contributed by atoms with van der Waals surface area (Å²) < 4.78 is 13.4. The van der Waals surface area contributed by atoms with E-state index in [0.29, 0.717) is 9.77 Å². The molecule has 0 amide bonds. The molecule has 0 bridgehead atoms. The summed E-state index contributed by atoms with van der Waals surface area (Å²) in [6.07, 6.45) is 0. The fourth-order valence-electron chi connectivity index (χ4n) is 1.14. The van der Waals surface area contributed by atoms with Crippen LogP contribution in [0.2, 0.25) is 0 Å². The van der Waals surface area contributed by atoms with Crippen LogP contribution in [0.3, 0.4) is 0 Å². The van der Waals surface area contributed by atoms with Gasteiger partial charge in [0.05, 0.1) is 9.77 Å². The maximum atomic E-state index is 12.7. The van der Waals surface area contributed by atoms with E-state index in [1.165, 1.54) is 35.2 Å². The van der Waals surface area contributed by atoms with E-state index in [9.17, 15) is 9.18 Å². The summed E-state index contributed by atoms with van der Waals surface area (Å²) >= 11 is 2.69. The van der Waals surface area contributed by atoms with Crippen molar-refractivity contribution in [3.05, 3.63) is 47.1 Å². The number of carboxylic acid groups (broad SMARTS) is 1. The molecule has 2 nitrogen and oxygen atoms in total. The summed E-state index contributed by atoms with van der Waals surface area (Å²) in [7, 11) is 0. The van der Waals surface area contributed by atoms with E-state index >= 15 is 0 Å². The number of carboxylic acids is 1. The lowest BCUT2D eigenvalue weighted by Gasteiger charge is -2.00. The summed E-state index contributed by atoms with van der Waals surface area (Å²) in [5.74, 6) is -1.24. The number of aromatic carboxylic acids is 1. The van der Waals surface area contributed by atoms with Gasteiger partial charge < -0.3 is 5.11 Å². The second-order valence-corrected chi connectivity index (χ2v) is 5.24. The fraction of sp³-hybridized carbons (Fsp3) is 0. The molecule has 0 radical (unpaired) electrons. The number of halogens is 1. The van der Waals surface area contributed by atoms with Crippen molar-refractivity contribution in [3.8, 4) is 0 Å². The molecule has 0 spiro atoms. The SMILES string of the molecule is O=C(O)c1ccsc1Sc1ccc(F)cc1. The van der Waals surface area contributed by atoms with Crippen molar-refractivity contribution in [1.29, 1.82) is 0 Å². The Balaban J connectivity index is 2.23. The molecule has 0 saturated heterocycles. The van der Waals surface area contributed by atoms with Crippen molar-refractivity contribution in [2.45, 2.75) is 9.10 Å². The molecule has 1 aromatic heterocycles. The largest absolute Gasteiger partial charge is 0.478 e. The van der Waals surface area contributed by atoms with Crippen LogP contribution in [0, 0.1) is 5.82 Å². The Labute approximate surface area is 99.7 Å². The number of thiophene rings is 1. The van der Waals surface area contributed by atoms with E-state index in [4.69, 9.17) is 5.11 Å². The van der Waals surface area contributed by atoms with Gasteiger partial charge in [0.15, 0.2) is 0 Å². The highest BCUT2D eigenvalue weighted by molar-refractivity contribution is 8.01. The average Bonchev–Trinajstić information content (AvgIpc) is 2.69. The quantitative estimate of drug-likeness (QED) is 0.906. The molecule has 0 atom stereocenters. The van der Waals surface area contributed by atoms with E-state index in [-0.39, 0.29) is 5.82 Å². The van der Waals surface area contributed by atoms with E-state index in [1.54, 1.807) is 23.6 Å². The number of hydrogen-bond acceptors (Lipinski definition) is 3. The van der Waals surface area contributed by atoms with Gasteiger partial charge in [0, 0.05) is 4.90 Å². The molecule has 5 heteroatoms. The number of hydrogen-bond donors (Lipinski definition) is 1. The second kappa shape index (κ2) is 4.67. The van der Waals surface area contributed by atoms with Gasteiger partial charge in [-0.05, 0) is 35.7 Å². The minimum absolute atomic E-state index is 0.291. The summed E-state index contributed by atoms with van der Waals surface area (Å²) in [4.78, 5) is 11.7.